The monoisotopic (exact) mass is 533 g/mol. The molecule has 188 valence electrons. The van der Waals surface area contributed by atoms with E-state index in [1.807, 2.05) is 0 Å². The topological polar surface area (TPSA) is 125 Å². The number of hydrogen-bond donors (Lipinski definition) is 4. The molecule has 2 amide bonds. The van der Waals surface area contributed by atoms with Gasteiger partial charge in [0.05, 0.1) is 4.90 Å². The maximum atomic E-state index is 13.4. The predicted octanol–water partition coefficient (Wildman–Crippen LogP) is 5.36. The van der Waals surface area contributed by atoms with Crippen LogP contribution in [0.3, 0.4) is 0 Å². The third-order valence-corrected chi connectivity index (χ3v) is 7.96. The van der Waals surface area contributed by atoms with Crippen molar-refractivity contribution in [2.24, 2.45) is 5.92 Å². The van der Waals surface area contributed by atoms with E-state index in [-0.39, 0.29) is 10.6 Å². The summed E-state index contributed by atoms with van der Waals surface area (Å²) >= 11 is 1.30. The van der Waals surface area contributed by atoms with E-state index in [1.165, 1.54) is 29.5 Å². The molecule has 0 saturated heterocycles. The summed E-state index contributed by atoms with van der Waals surface area (Å²) in [6.45, 7) is 3.22. The van der Waals surface area contributed by atoms with Crippen LogP contribution >= 0.6 is 11.3 Å². The van der Waals surface area contributed by atoms with Crippen LogP contribution in [0.2, 0.25) is 0 Å². The number of carboxylic acid groups (broad SMARTS) is 1. The summed E-state index contributed by atoms with van der Waals surface area (Å²) in [4.78, 5) is 23.6. The number of amides is 2. The summed E-state index contributed by atoms with van der Waals surface area (Å²) in [6.07, 6.45) is 0. The molecule has 1 atom stereocenters. The number of aliphatic carboxylic acids is 1. The van der Waals surface area contributed by atoms with Crippen LogP contribution < -0.4 is 15.4 Å². The number of sulfonamides is 1. The lowest BCUT2D eigenvalue weighted by Crippen LogP contribution is -2.44. The number of halogens is 2. The summed E-state index contributed by atoms with van der Waals surface area (Å²) in [5.74, 6) is -3.82. The van der Waals surface area contributed by atoms with Crippen LogP contribution in [0.4, 0.5) is 25.0 Å². The molecule has 0 saturated carbocycles. The lowest BCUT2D eigenvalue weighted by atomic mass is 10.1. The van der Waals surface area contributed by atoms with Gasteiger partial charge in [0.2, 0.25) is 10.0 Å². The van der Waals surface area contributed by atoms with E-state index in [4.69, 9.17) is 0 Å². The van der Waals surface area contributed by atoms with Crippen molar-refractivity contribution >= 4 is 64.9 Å². The molecule has 0 spiro atoms. The summed E-state index contributed by atoms with van der Waals surface area (Å²) in [5, 5.41) is 16.0. The average molecular weight is 534 g/mol. The van der Waals surface area contributed by atoms with Crippen molar-refractivity contribution in [2.45, 2.75) is 24.8 Å². The second-order valence-corrected chi connectivity index (χ2v) is 11.2. The third-order valence-electron chi connectivity index (χ3n) is 5.41. The predicted molar refractivity (Wildman–Crippen MR) is 135 cm³/mol. The first-order valence-electron chi connectivity index (χ1n) is 10.7. The zero-order valence-corrected chi connectivity index (χ0v) is 20.6. The highest BCUT2D eigenvalue weighted by Crippen LogP contribution is 2.36. The molecule has 0 aliphatic rings. The van der Waals surface area contributed by atoms with E-state index in [9.17, 15) is 31.9 Å². The van der Waals surface area contributed by atoms with Crippen molar-refractivity contribution in [3.05, 3.63) is 66.2 Å². The Labute approximate surface area is 209 Å². The van der Waals surface area contributed by atoms with Gasteiger partial charge in [-0.1, -0.05) is 26.0 Å². The van der Waals surface area contributed by atoms with Crippen molar-refractivity contribution in [1.82, 2.24) is 4.72 Å². The molecule has 0 aliphatic heterocycles. The normalized spacial score (nSPS) is 12.7. The number of carbonyl (C=O) groups is 2. The number of carboxylic acids is 1. The zero-order valence-electron chi connectivity index (χ0n) is 19.0. The van der Waals surface area contributed by atoms with Crippen molar-refractivity contribution in [3.8, 4) is 0 Å². The number of fused-ring (bicyclic) bond motifs is 3. The Morgan fingerprint density at radius 2 is 1.44 bits per heavy atom. The number of carbonyl (C=O) groups excluding carboxylic acids is 1. The van der Waals surface area contributed by atoms with Crippen LogP contribution in [0.5, 0.6) is 0 Å². The SMILES string of the molecule is CC(C)[C@H](NS(=O)(=O)c1ccc2c(c1)sc1cc(NC(=O)Nc3ccc(F)c(F)c3)ccc12)C(=O)O. The number of nitrogens with one attached hydrogen (secondary N) is 3. The average Bonchev–Trinajstić information content (AvgIpc) is 3.16. The van der Waals surface area contributed by atoms with Crippen molar-refractivity contribution in [1.29, 1.82) is 0 Å². The molecular weight excluding hydrogens is 512 g/mol. The second kappa shape index (κ2) is 9.80. The molecule has 36 heavy (non-hydrogen) atoms. The molecule has 0 radical (unpaired) electrons. The third kappa shape index (κ3) is 5.30. The molecule has 4 aromatic rings. The van der Waals surface area contributed by atoms with Gasteiger partial charge < -0.3 is 15.7 Å². The van der Waals surface area contributed by atoms with Gasteiger partial charge in [0, 0.05) is 37.6 Å². The minimum Gasteiger partial charge on any atom is -0.480 e. The van der Waals surface area contributed by atoms with Crippen LogP contribution in [0.1, 0.15) is 13.8 Å². The number of thiophene rings is 1. The Hall–Kier alpha value is -3.61. The van der Waals surface area contributed by atoms with E-state index < -0.39 is 45.6 Å². The highest BCUT2D eigenvalue weighted by Gasteiger charge is 2.28. The molecule has 0 aliphatic carbocycles. The van der Waals surface area contributed by atoms with E-state index >= 15 is 0 Å². The molecule has 3 aromatic carbocycles. The molecule has 12 heteroatoms. The lowest BCUT2D eigenvalue weighted by Gasteiger charge is -2.18. The number of rotatable bonds is 7. The first kappa shape index (κ1) is 25.5. The number of benzene rings is 3. The minimum absolute atomic E-state index is 0.0577. The molecular formula is C24H21F2N3O5S2. The molecule has 4 rings (SSSR count). The van der Waals surface area contributed by atoms with Crippen LogP contribution in [-0.2, 0) is 14.8 Å². The Balaban J connectivity index is 1.57. The van der Waals surface area contributed by atoms with Crippen molar-refractivity contribution in [3.63, 3.8) is 0 Å². The van der Waals surface area contributed by atoms with Gasteiger partial charge in [-0.2, -0.15) is 4.72 Å². The Morgan fingerprint density at radius 1 is 0.861 bits per heavy atom. The van der Waals surface area contributed by atoms with Crippen molar-refractivity contribution in [2.75, 3.05) is 10.6 Å². The second-order valence-electron chi connectivity index (χ2n) is 8.36. The maximum absolute atomic E-state index is 13.4. The number of urea groups is 1. The summed E-state index contributed by atoms with van der Waals surface area (Å²) in [6, 6.07) is 10.8. The van der Waals surface area contributed by atoms with Gasteiger partial charge in [-0.25, -0.2) is 22.0 Å². The number of anilines is 2. The number of hydrogen-bond acceptors (Lipinski definition) is 5. The highest BCUT2D eigenvalue weighted by atomic mass is 32.2. The quantitative estimate of drug-likeness (QED) is 0.254. The van der Waals surface area contributed by atoms with Gasteiger partial charge in [0.25, 0.3) is 0 Å². The zero-order chi connectivity index (χ0) is 26.2. The fourth-order valence-electron chi connectivity index (χ4n) is 3.58. The van der Waals surface area contributed by atoms with Crippen molar-refractivity contribution < 1.29 is 31.9 Å². The Bertz CT molecular complexity index is 1600. The standard InChI is InChI=1S/C24H21F2N3O5S2/c1-12(2)22(23(30)31)29-36(33,34)15-5-7-17-16-6-3-14(10-20(16)35-21(17)11-15)28-24(32)27-13-4-8-18(25)19(26)9-13/h3-12,22,29H,1-2H3,(H,30,31)(H2,27,28,32)/t22-/m0/s1. The fourth-order valence-corrected chi connectivity index (χ4v) is 6.20. The lowest BCUT2D eigenvalue weighted by molar-refractivity contribution is -0.140. The summed E-state index contributed by atoms with van der Waals surface area (Å²) in [5.41, 5.74) is 0.518. The minimum atomic E-state index is -4.08. The molecule has 4 N–H and O–H groups in total. The van der Waals surface area contributed by atoms with Gasteiger partial charge in [0.1, 0.15) is 6.04 Å². The van der Waals surface area contributed by atoms with Gasteiger partial charge in [-0.3, -0.25) is 4.79 Å². The molecule has 8 nitrogen and oxygen atoms in total. The van der Waals surface area contributed by atoms with Gasteiger partial charge >= 0.3 is 12.0 Å². The van der Waals surface area contributed by atoms with Crippen LogP contribution in [0.25, 0.3) is 20.2 Å². The van der Waals surface area contributed by atoms with Gasteiger partial charge in [0.15, 0.2) is 11.6 Å². The summed E-state index contributed by atoms with van der Waals surface area (Å²) in [7, 11) is -4.08. The Morgan fingerprint density at radius 3 is 2.06 bits per heavy atom. The summed E-state index contributed by atoms with van der Waals surface area (Å²) < 4.78 is 55.7. The first-order chi connectivity index (χ1) is 16.9. The highest BCUT2D eigenvalue weighted by molar-refractivity contribution is 7.89. The molecule has 1 aromatic heterocycles. The molecule has 0 bridgehead atoms. The molecule has 0 fully saturated rings. The van der Waals surface area contributed by atoms with Crippen LogP contribution in [0.15, 0.2) is 59.5 Å². The smallest absolute Gasteiger partial charge is 0.323 e. The van der Waals surface area contributed by atoms with E-state index in [0.717, 1.165) is 27.6 Å². The Kier molecular flexibility index (Phi) is 6.94. The van der Waals surface area contributed by atoms with Gasteiger partial charge in [-0.15, -0.1) is 11.3 Å². The van der Waals surface area contributed by atoms with Gasteiger partial charge in [-0.05, 0) is 42.3 Å². The van der Waals surface area contributed by atoms with Crippen LogP contribution in [-0.4, -0.2) is 31.6 Å². The van der Waals surface area contributed by atoms with Crippen LogP contribution in [0, 0.1) is 17.6 Å². The first-order valence-corrected chi connectivity index (χ1v) is 13.0. The fraction of sp³-hybridized carbons (Fsp3) is 0.167. The molecule has 1 heterocycles. The van der Waals surface area contributed by atoms with E-state index in [0.29, 0.717) is 10.4 Å². The maximum Gasteiger partial charge on any atom is 0.323 e. The molecule has 0 unspecified atom stereocenters. The van der Waals surface area contributed by atoms with E-state index in [1.54, 1.807) is 38.1 Å². The van der Waals surface area contributed by atoms with E-state index in [2.05, 4.69) is 15.4 Å². The largest absolute Gasteiger partial charge is 0.480 e.